The third-order valence-electron chi connectivity index (χ3n) is 2.39. The van der Waals surface area contributed by atoms with Crippen molar-refractivity contribution >= 4 is 17.4 Å². The minimum atomic E-state index is -0.854. The van der Waals surface area contributed by atoms with Crippen LogP contribution in [-0.4, -0.2) is 10.8 Å². The highest BCUT2D eigenvalue weighted by Crippen LogP contribution is 2.21. The Kier molecular flexibility index (Phi) is 3.39. The van der Waals surface area contributed by atoms with E-state index < -0.39 is 17.4 Å². The highest BCUT2D eigenvalue weighted by Gasteiger charge is 2.17. The first-order chi connectivity index (χ1) is 8.49. The number of benzene rings is 1. The van der Waals surface area contributed by atoms with E-state index in [0.717, 1.165) is 17.7 Å². The van der Waals surface area contributed by atoms with E-state index in [2.05, 4.69) is 4.98 Å². The number of aromatic nitrogens is 1. The van der Waals surface area contributed by atoms with E-state index in [1.54, 1.807) is 19.2 Å². The lowest BCUT2D eigenvalue weighted by molar-refractivity contribution is 0.103. The molecule has 18 heavy (non-hydrogen) atoms. The Morgan fingerprint density at radius 1 is 1.17 bits per heavy atom. The molecule has 0 aliphatic carbocycles. The van der Waals surface area contributed by atoms with Gasteiger partial charge in [0.05, 0.1) is 10.6 Å². The van der Waals surface area contributed by atoms with Gasteiger partial charge in [0.2, 0.25) is 0 Å². The number of hydrogen-bond acceptors (Lipinski definition) is 2. The van der Waals surface area contributed by atoms with Crippen LogP contribution in [0.4, 0.5) is 8.78 Å². The molecule has 0 saturated heterocycles. The van der Waals surface area contributed by atoms with Crippen LogP contribution in [-0.2, 0) is 0 Å². The second-order valence-electron chi connectivity index (χ2n) is 3.83. The Hall–Kier alpha value is -1.81. The van der Waals surface area contributed by atoms with Gasteiger partial charge < -0.3 is 0 Å². The molecule has 1 heterocycles. The van der Waals surface area contributed by atoms with Gasteiger partial charge in [0.25, 0.3) is 0 Å². The molecule has 2 aromatic rings. The van der Waals surface area contributed by atoms with E-state index in [0.29, 0.717) is 0 Å². The summed E-state index contributed by atoms with van der Waals surface area (Å²) in [5, 5.41) is -0.355. The number of carbonyl (C=O) groups is 1. The van der Waals surface area contributed by atoms with Gasteiger partial charge in [0.15, 0.2) is 5.78 Å². The van der Waals surface area contributed by atoms with E-state index in [1.807, 2.05) is 0 Å². The summed E-state index contributed by atoms with van der Waals surface area (Å²) in [6.45, 7) is 1.75. The molecule has 0 aliphatic rings. The molecule has 0 atom stereocenters. The van der Waals surface area contributed by atoms with Gasteiger partial charge in [-0.15, -0.1) is 0 Å². The minimum Gasteiger partial charge on any atom is -0.288 e. The minimum absolute atomic E-state index is 0.204. The first kappa shape index (κ1) is 12.6. The summed E-state index contributed by atoms with van der Waals surface area (Å²) in [6.07, 6.45) is 2.87. The Morgan fingerprint density at radius 2 is 1.89 bits per heavy atom. The van der Waals surface area contributed by atoms with Crippen LogP contribution in [0.3, 0.4) is 0 Å². The average molecular weight is 268 g/mol. The first-order valence-electron chi connectivity index (χ1n) is 5.10. The molecule has 1 aromatic carbocycles. The Morgan fingerprint density at radius 3 is 2.56 bits per heavy atom. The number of halogens is 3. The molecular weight excluding hydrogens is 260 g/mol. The number of rotatable bonds is 2. The molecule has 2 nitrogen and oxygen atoms in total. The van der Waals surface area contributed by atoms with Crippen molar-refractivity contribution in [3.63, 3.8) is 0 Å². The summed E-state index contributed by atoms with van der Waals surface area (Å²) < 4.78 is 26.8. The molecule has 92 valence electrons. The lowest BCUT2D eigenvalue weighted by Gasteiger charge is -2.04. The van der Waals surface area contributed by atoms with Crippen molar-refractivity contribution in [2.45, 2.75) is 6.92 Å². The second-order valence-corrected chi connectivity index (χ2v) is 4.23. The molecule has 5 heteroatoms. The summed E-state index contributed by atoms with van der Waals surface area (Å²) in [7, 11) is 0. The smallest absolute Gasteiger partial charge is 0.197 e. The first-order valence-corrected chi connectivity index (χ1v) is 5.47. The number of nitrogens with zero attached hydrogens (tertiary/aromatic N) is 1. The van der Waals surface area contributed by atoms with Crippen molar-refractivity contribution in [3.8, 4) is 0 Å². The molecule has 0 unspecified atom stereocenters. The molecule has 1 aromatic heterocycles. The SMILES string of the molecule is Cc1cncc(C(=O)c2cc(F)c(Cl)cc2F)c1. The molecule has 0 bridgehead atoms. The number of carbonyl (C=O) groups excluding carboxylic acids is 1. The maximum absolute atomic E-state index is 13.6. The number of pyridine rings is 1. The van der Waals surface area contributed by atoms with Gasteiger partial charge in [-0.25, -0.2) is 8.78 Å². The van der Waals surface area contributed by atoms with Crippen molar-refractivity contribution in [3.05, 3.63) is 63.9 Å². The molecule has 0 aliphatic heterocycles. The molecule has 2 rings (SSSR count). The molecule has 0 amide bonds. The fourth-order valence-electron chi connectivity index (χ4n) is 1.53. The van der Waals surface area contributed by atoms with Gasteiger partial charge in [-0.1, -0.05) is 11.6 Å². The Bertz CT molecular complexity index is 628. The fraction of sp³-hybridized carbons (Fsp3) is 0.0769. The van der Waals surface area contributed by atoms with Crippen LogP contribution in [0.15, 0.2) is 30.6 Å². The normalized spacial score (nSPS) is 10.4. The van der Waals surface area contributed by atoms with Crippen molar-refractivity contribution in [1.82, 2.24) is 4.98 Å². The van der Waals surface area contributed by atoms with Crippen molar-refractivity contribution in [2.75, 3.05) is 0 Å². The number of ketones is 1. The molecule has 0 N–H and O–H groups in total. The zero-order valence-corrected chi connectivity index (χ0v) is 10.1. The third-order valence-corrected chi connectivity index (χ3v) is 2.68. The molecule has 0 fully saturated rings. The van der Waals surface area contributed by atoms with Crippen LogP contribution in [0.5, 0.6) is 0 Å². The summed E-state index contributed by atoms with van der Waals surface area (Å²) >= 11 is 5.42. The molecule has 0 saturated carbocycles. The van der Waals surface area contributed by atoms with E-state index in [-0.39, 0.29) is 16.1 Å². The van der Waals surface area contributed by atoms with Crippen molar-refractivity contribution in [1.29, 1.82) is 0 Å². The quantitative estimate of drug-likeness (QED) is 0.615. The van der Waals surface area contributed by atoms with Crippen LogP contribution in [0, 0.1) is 18.6 Å². The highest BCUT2D eigenvalue weighted by molar-refractivity contribution is 6.30. The van der Waals surface area contributed by atoms with Gasteiger partial charge in [-0.05, 0) is 30.7 Å². The van der Waals surface area contributed by atoms with Crippen LogP contribution in [0.1, 0.15) is 21.5 Å². The molecule has 0 spiro atoms. The number of hydrogen-bond donors (Lipinski definition) is 0. The van der Waals surface area contributed by atoms with Crippen LogP contribution >= 0.6 is 11.6 Å². The van der Waals surface area contributed by atoms with Crippen LogP contribution < -0.4 is 0 Å². The summed E-state index contributed by atoms with van der Waals surface area (Å²) in [5.41, 5.74) is 0.607. The lowest BCUT2D eigenvalue weighted by Crippen LogP contribution is -2.06. The summed E-state index contributed by atoms with van der Waals surface area (Å²) in [6, 6.07) is 3.14. The van der Waals surface area contributed by atoms with Crippen LogP contribution in [0.25, 0.3) is 0 Å². The second kappa shape index (κ2) is 4.82. The van der Waals surface area contributed by atoms with E-state index >= 15 is 0 Å². The maximum Gasteiger partial charge on any atom is 0.197 e. The van der Waals surface area contributed by atoms with Gasteiger partial charge in [0, 0.05) is 18.0 Å². The highest BCUT2D eigenvalue weighted by atomic mass is 35.5. The van der Waals surface area contributed by atoms with E-state index in [9.17, 15) is 13.6 Å². The largest absolute Gasteiger partial charge is 0.288 e. The fourth-order valence-corrected chi connectivity index (χ4v) is 1.68. The Labute approximate surface area is 107 Å². The zero-order chi connectivity index (χ0) is 13.3. The van der Waals surface area contributed by atoms with Gasteiger partial charge >= 0.3 is 0 Å². The predicted octanol–water partition coefficient (Wildman–Crippen LogP) is 3.55. The maximum atomic E-state index is 13.6. The van der Waals surface area contributed by atoms with Gasteiger partial charge in [-0.3, -0.25) is 9.78 Å². The third kappa shape index (κ3) is 2.38. The lowest BCUT2D eigenvalue weighted by atomic mass is 10.0. The van der Waals surface area contributed by atoms with E-state index in [1.165, 1.54) is 6.20 Å². The van der Waals surface area contributed by atoms with Crippen LogP contribution in [0.2, 0.25) is 5.02 Å². The number of aryl methyl sites for hydroxylation is 1. The van der Waals surface area contributed by atoms with Gasteiger partial charge in [-0.2, -0.15) is 0 Å². The standard InChI is InChI=1S/C13H8ClF2NO/c1-7-2-8(6-17-5-7)13(18)9-3-12(16)10(14)4-11(9)15/h2-6H,1H3. The Balaban J connectivity index is 2.49. The topological polar surface area (TPSA) is 30.0 Å². The average Bonchev–Trinajstić information content (AvgIpc) is 2.33. The summed E-state index contributed by atoms with van der Waals surface area (Å²) in [5.74, 6) is -2.31. The molecule has 0 radical (unpaired) electrons. The predicted molar refractivity (Wildman–Crippen MR) is 63.8 cm³/mol. The van der Waals surface area contributed by atoms with E-state index in [4.69, 9.17) is 11.6 Å². The monoisotopic (exact) mass is 267 g/mol. The van der Waals surface area contributed by atoms with Crippen molar-refractivity contribution in [2.24, 2.45) is 0 Å². The molecular formula is C13H8ClF2NO. The summed E-state index contributed by atoms with van der Waals surface area (Å²) in [4.78, 5) is 15.8. The van der Waals surface area contributed by atoms with Gasteiger partial charge in [0.1, 0.15) is 11.6 Å². The van der Waals surface area contributed by atoms with Crippen molar-refractivity contribution < 1.29 is 13.6 Å². The zero-order valence-electron chi connectivity index (χ0n) is 9.38.